The molecule has 10 heteroatoms. The molecular weight excluding hydrogens is 286 g/mol. The van der Waals surface area contributed by atoms with Gasteiger partial charge in [0.25, 0.3) is 0 Å². The van der Waals surface area contributed by atoms with Crippen LogP contribution in [0.4, 0.5) is 22.0 Å². The predicted molar refractivity (Wildman–Crippen MR) is 52.4 cm³/mol. The molecule has 0 N–H and O–H groups in total. The van der Waals surface area contributed by atoms with Crippen molar-refractivity contribution in [3.63, 3.8) is 0 Å². The maximum atomic E-state index is 12.5. The Morgan fingerprint density at radius 3 is 1.94 bits per heavy atom. The van der Waals surface area contributed by atoms with E-state index in [-0.39, 0.29) is 13.2 Å². The van der Waals surface area contributed by atoms with Crippen LogP contribution in [-0.2, 0) is 18.1 Å². The van der Waals surface area contributed by atoms with E-state index in [1.807, 2.05) is 0 Å². The summed E-state index contributed by atoms with van der Waals surface area (Å²) in [6.45, 7) is 0.527. The van der Waals surface area contributed by atoms with Crippen molar-refractivity contribution in [2.45, 2.75) is 32.4 Å². The van der Waals surface area contributed by atoms with E-state index < -0.39 is 26.5 Å². The minimum absolute atomic E-state index is 0.144. The van der Waals surface area contributed by atoms with Crippen molar-refractivity contribution in [1.82, 2.24) is 0 Å². The molecule has 0 aromatic rings. The second-order valence-electron chi connectivity index (χ2n) is 3.17. The van der Waals surface area contributed by atoms with Gasteiger partial charge in [-0.2, -0.15) is 22.0 Å². The Hall–Kier alpha value is -0.240. The molecule has 0 aliphatic rings. The largest absolute Gasteiger partial charge is 0.474 e. The minimum atomic E-state index is -5.78. The number of halogens is 5. The number of hydrogen-bond acceptors (Lipinski definition) is 4. The first-order chi connectivity index (χ1) is 8.08. The smallest absolute Gasteiger partial charge is 0.287 e. The van der Waals surface area contributed by atoms with Crippen LogP contribution in [0.25, 0.3) is 0 Å². The molecule has 4 nitrogen and oxygen atoms in total. The highest BCUT2D eigenvalue weighted by Gasteiger charge is 2.58. The van der Waals surface area contributed by atoms with Crippen LogP contribution in [0.1, 0.15) is 20.3 Å². The van der Waals surface area contributed by atoms with E-state index in [9.17, 15) is 26.5 Å². The fourth-order valence-corrected chi connectivity index (χ4v) is 1.98. The maximum absolute atomic E-state index is 12.5. The van der Waals surface area contributed by atoms with Gasteiger partial charge in [-0.05, 0) is 13.3 Å². The molecule has 0 saturated carbocycles. The number of hydrogen-bond donors (Lipinski definition) is 0. The van der Waals surface area contributed by atoms with Gasteiger partial charge in [-0.1, -0.05) is 6.92 Å². The first-order valence-electron chi connectivity index (χ1n) is 5.06. The van der Waals surface area contributed by atoms with Crippen LogP contribution in [0.15, 0.2) is 0 Å². The highest BCUT2D eigenvalue weighted by molar-refractivity contribution is 7.48. The van der Waals surface area contributed by atoms with Gasteiger partial charge in [0, 0.05) is 0 Å². The topological polar surface area (TPSA) is 44.8 Å². The van der Waals surface area contributed by atoms with E-state index in [4.69, 9.17) is 0 Å². The summed E-state index contributed by atoms with van der Waals surface area (Å²) in [6.07, 6.45) is -5.41. The van der Waals surface area contributed by atoms with Gasteiger partial charge in [0.2, 0.25) is 0 Å². The van der Waals surface area contributed by atoms with E-state index in [0.717, 1.165) is 0 Å². The van der Waals surface area contributed by atoms with Crippen molar-refractivity contribution in [2.24, 2.45) is 0 Å². The van der Waals surface area contributed by atoms with Gasteiger partial charge in [0.1, 0.15) is 6.61 Å². The van der Waals surface area contributed by atoms with Crippen molar-refractivity contribution in [1.29, 1.82) is 0 Å². The monoisotopic (exact) mass is 300 g/mol. The first-order valence-corrected chi connectivity index (χ1v) is 6.52. The van der Waals surface area contributed by atoms with E-state index in [1.165, 1.54) is 6.92 Å². The molecule has 18 heavy (non-hydrogen) atoms. The molecule has 0 bridgehead atoms. The second kappa shape index (κ2) is 6.79. The summed E-state index contributed by atoms with van der Waals surface area (Å²) >= 11 is 0. The summed E-state index contributed by atoms with van der Waals surface area (Å²) in [7, 11) is -4.38. The lowest BCUT2D eigenvalue weighted by molar-refractivity contribution is -0.291. The zero-order valence-corrected chi connectivity index (χ0v) is 10.7. The van der Waals surface area contributed by atoms with Crippen LogP contribution in [0.3, 0.4) is 0 Å². The lowest BCUT2D eigenvalue weighted by Crippen LogP contribution is -2.40. The third-order valence-electron chi connectivity index (χ3n) is 1.56. The van der Waals surface area contributed by atoms with Crippen LogP contribution in [0.2, 0.25) is 0 Å². The Labute approximate surface area is 101 Å². The van der Waals surface area contributed by atoms with Crippen LogP contribution < -0.4 is 0 Å². The molecule has 0 amide bonds. The van der Waals surface area contributed by atoms with Crippen molar-refractivity contribution >= 4 is 7.82 Å². The number of alkyl halides is 5. The Morgan fingerprint density at radius 2 is 1.56 bits per heavy atom. The van der Waals surface area contributed by atoms with Gasteiger partial charge < -0.3 is 0 Å². The molecule has 0 spiro atoms. The van der Waals surface area contributed by atoms with Crippen LogP contribution >= 0.6 is 7.82 Å². The summed E-state index contributed by atoms with van der Waals surface area (Å²) in [6, 6.07) is 0. The maximum Gasteiger partial charge on any atom is 0.474 e. The first kappa shape index (κ1) is 17.8. The predicted octanol–water partition coefficient (Wildman–Crippen LogP) is 3.77. The van der Waals surface area contributed by atoms with Crippen LogP contribution in [0.5, 0.6) is 0 Å². The number of rotatable bonds is 8. The summed E-state index contributed by atoms with van der Waals surface area (Å²) in [5.41, 5.74) is 0. The molecule has 0 aromatic heterocycles. The second-order valence-corrected chi connectivity index (χ2v) is 4.84. The van der Waals surface area contributed by atoms with Gasteiger partial charge in [-0.3, -0.25) is 13.6 Å². The SMILES string of the molecule is CCCOP(=O)(OCC)OCC(F)(F)C(F)(F)F. The number of phosphoric acid groups is 1. The molecule has 0 aliphatic carbocycles. The highest BCUT2D eigenvalue weighted by Crippen LogP contribution is 2.51. The zero-order chi connectivity index (χ0) is 14.4. The Kier molecular flexibility index (Phi) is 6.70. The molecule has 0 fully saturated rings. The number of phosphoric ester groups is 1. The fraction of sp³-hybridized carbons (Fsp3) is 1.00. The third kappa shape index (κ3) is 5.60. The Morgan fingerprint density at radius 1 is 1.00 bits per heavy atom. The van der Waals surface area contributed by atoms with Gasteiger partial charge in [-0.15, -0.1) is 0 Å². The Balaban J connectivity index is 4.57. The van der Waals surface area contributed by atoms with Crippen molar-refractivity contribution in [3.8, 4) is 0 Å². The summed E-state index contributed by atoms with van der Waals surface area (Å²) in [5.74, 6) is -5.12. The van der Waals surface area contributed by atoms with Gasteiger partial charge in [0.15, 0.2) is 0 Å². The quantitative estimate of drug-likeness (QED) is 0.505. The van der Waals surface area contributed by atoms with Crippen molar-refractivity contribution < 1.29 is 40.1 Å². The van der Waals surface area contributed by atoms with Crippen molar-refractivity contribution in [2.75, 3.05) is 19.8 Å². The van der Waals surface area contributed by atoms with Gasteiger partial charge in [-0.25, -0.2) is 4.57 Å². The molecule has 1 atom stereocenters. The molecule has 0 radical (unpaired) electrons. The van der Waals surface area contributed by atoms with E-state index in [1.54, 1.807) is 6.92 Å². The minimum Gasteiger partial charge on any atom is -0.287 e. The van der Waals surface area contributed by atoms with Crippen LogP contribution in [-0.4, -0.2) is 31.9 Å². The standard InChI is InChI=1S/C8H14F5O4P/c1-3-5-16-18(14,15-4-2)17-6-7(9,10)8(11,12)13/h3-6H2,1-2H3. The molecule has 0 aliphatic heterocycles. The summed E-state index contributed by atoms with van der Waals surface area (Å²) in [5, 5.41) is 0. The van der Waals surface area contributed by atoms with E-state index >= 15 is 0 Å². The Bertz CT molecular complexity index is 294. The van der Waals surface area contributed by atoms with Gasteiger partial charge >= 0.3 is 19.9 Å². The summed E-state index contributed by atoms with van der Waals surface area (Å²) in [4.78, 5) is 0. The molecule has 0 saturated heterocycles. The molecule has 0 heterocycles. The third-order valence-corrected chi connectivity index (χ3v) is 3.08. The normalized spacial score (nSPS) is 16.6. The van der Waals surface area contributed by atoms with E-state index in [0.29, 0.717) is 6.42 Å². The lowest BCUT2D eigenvalue weighted by atomic mass is 10.3. The summed E-state index contributed by atoms with van der Waals surface area (Å²) < 4.78 is 85.2. The van der Waals surface area contributed by atoms with Gasteiger partial charge in [0.05, 0.1) is 13.2 Å². The average molecular weight is 300 g/mol. The van der Waals surface area contributed by atoms with Crippen molar-refractivity contribution in [3.05, 3.63) is 0 Å². The molecular formula is C8H14F5O4P. The highest BCUT2D eigenvalue weighted by atomic mass is 31.2. The molecule has 0 rings (SSSR count). The van der Waals surface area contributed by atoms with Crippen LogP contribution in [0, 0.1) is 0 Å². The lowest BCUT2D eigenvalue weighted by Gasteiger charge is -2.22. The molecule has 0 aromatic carbocycles. The molecule has 1 unspecified atom stereocenters. The fourth-order valence-electron chi connectivity index (χ4n) is 0.715. The van der Waals surface area contributed by atoms with E-state index in [2.05, 4.69) is 13.6 Å². The zero-order valence-electron chi connectivity index (χ0n) is 9.80. The molecule has 110 valence electrons. The average Bonchev–Trinajstić information content (AvgIpc) is 2.23.